The molecule has 1 aromatic rings. The van der Waals surface area contributed by atoms with Crippen molar-refractivity contribution in [2.75, 3.05) is 31.1 Å². The van der Waals surface area contributed by atoms with E-state index in [1.165, 1.54) is 25.7 Å². The SMILES string of the molecule is S=C(N[C@H]1C[C@@H]2CC[C@@H]1C2)N1CCN(c2ccccn2)CC1. The highest BCUT2D eigenvalue weighted by Gasteiger charge is 2.40. The molecular formula is C17H24N4S. The molecule has 3 fully saturated rings. The Hall–Kier alpha value is -1.36. The third-order valence-electron chi connectivity index (χ3n) is 5.59. The summed E-state index contributed by atoms with van der Waals surface area (Å²) < 4.78 is 0. The van der Waals surface area contributed by atoms with Gasteiger partial charge in [-0.3, -0.25) is 0 Å². The Bertz CT molecular complexity index is 527. The fraction of sp³-hybridized carbons (Fsp3) is 0.647. The summed E-state index contributed by atoms with van der Waals surface area (Å²) in [5.74, 6) is 2.91. The number of hydrogen-bond donors (Lipinski definition) is 1. The zero-order valence-corrected chi connectivity index (χ0v) is 13.8. The average molecular weight is 316 g/mol. The quantitative estimate of drug-likeness (QED) is 0.846. The van der Waals surface area contributed by atoms with Gasteiger partial charge in [0.2, 0.25) is 0 Å². The number of pyridine rings is 1. The molecule has 0 unspecified atom stereocenters. The van der Waals surface area contributed by atoms with Crippen LogP contribution in [0.4, 0.5) is 5.82 Å². The highest BCUT2D eigenvalue weighted by atomic mass is 32.1. The van der Waals surface area contributed by atoms with E-state index in [1.807, 2.05) is 12.3 Å². The second-order valence-corrected chi connectivity index (χ2v) is 7.28. The van der Waals surface area contributed by atoms with E-state index in [1.54, 1.807) is 0 Å². The third kappa shape index (κ3) is 2.78. The number of thiocarbonyl (C=S) groups is 1. The van der Waals surface area contributed by atoms with Crippen molar-refractivity contribution in [2.24, 2.45) is 11.8 Å². The van der Waals surface area contributed by atoms with Crippen molar-refractivity contribution in [3.8, 4) is 0 Å². The predicted octanol–water partition coefficient (Wildman–Crippen LogP) is 2.27. The maximum Gasteiger partial charge on any atom is 0.169 e. The Morgan fingerprint density at radius 1 is 1.14 bits per heavy atom. The van der Waals surface area contributed by atoms with Gasteiger partial charge in [-0.2, -0.15) is 0 Å². The van der Waals surface area contributed by atoms with Gasteiger partial charge in [0, 0.05) is 38.4 Å². The average Bonchev–Trinajstić information content (AvgIpc) is 3.19. The molecular weight excluding hydrogens is 292 g/mol. The normalized spacial score (nSPS) is 30.6. The van der Waals surface area contributed by atoms with Gasteiger partial charge < -0.3 is 15.1 Å². The van der Waals surface area contributed by atoms with Crippen molar-refractivity contribution in [2.45, 2.75) is 31.7 Å². The molecule has 3 atom stereocenters. The molecule has 2 aliphatic carbocycles. The summed E-state index contributed by atoms with van der Waals surface area (Å²) in [5.41, 5.74) is 0. The Balaban J connectivity index is 1.29. The predicted molar refractivity (Wildman–Crippen MR) is 93.0 cm³/mol. The molecule has 1 saturated heterocycles. The molecule has 1 aromatic heterocycles. The van der Waals surface area contributed by atoms with Gasteiger partial charge in [0.1, 0.15) is 5.82 Å². The van der Waals surface area contributed by atoms with E-state index in [0.29, 0.717) is 6.04 Å². The Labute approximate surface area is 137 Å². The Kier molecular flexibility index (Phi) is 3.90. The van der Waals surface area contributed by atoms with Gasteiger partial charge in [-0.25, -0.2) is 4.98 Å². The summed E-state index contributed by atoms with van der Waals surface area (Å²) in [4.78, 5) is 9.12. The van der Waals surface area contributed by atoms with Crippen LogP contribution in [0.15, 0.2) is 24.4 Å². The van der Waals surface area contributed by atoms with Gasteiger partial charge in [-0.05, 0) is 55.4 Å². The van der Waals surface area contributed by atoms with Crippen LogP contribution >= 0.6 is 12.2 Å². The summed E-state index contributed by atoms with van der Waals surface area (Å²) in [6.45, 7) is 3.97. The van der Waals surface area contributed by atoms with E-state index in [4.69, 9.17) is 12.2 Å². The lowest BCUT2D eigenvalue weighted by Crippen LogP contribution is -2.54. The van der Waals surface area contributed by atoms with Crippen LogP contribution in [0, 0.1) is 11.8 Å². The van der Waals surface area contributed by atoms with E-state index >= 15 is 0 Å². The first-order chi connectivity index (χ1) is 10.8. The first-order valence-corrected chi connectivity index (χ1v) is 8.92. The summed E-state index contributed by atoms with van der Waals surface area (Å²) in [5, 5.41) is 4.63. The Morgan fingerprint density at radius 3 is 2.64 bits per heavy atom. The molecule has 0 spiro atoms. The van der Waals surface area contributed by atoms with Crippen LogP contribution in [-0.2, 0) is 0 Å². The first-order valence-electron chi connectivity index (χ1n) is 8.51. The van der Waals surface area contributed by atoms with Crippen molar-refractivity contribution in [3.05, 3.63) is 24.4 Å². The number of nitrogens with zero attached hydrogens (tertiary/aromatic N) is 3. The molecule has 0 amide bonds. The van der Waals surface area contributed by atoms with Crippen molar-refractivity contribution in [1.82, 2.24) is 15.2 Å². The lowest BCUT2D eigenvalue weighted by Gasteiger charge is -2.38. The number of hydrogen-bond acceptors (Lipinski definition) is 3. The standard InChI is InChI=1S/C17H24N4S/c22-17(19-15-12-13-4-5-14(15)11-13)21-9-7-20(8-10-21)16-3-1-2-6-18-16/h1-3,6,13-15H,4-5,7-12H2,(H,19,22)/t13-,14-,15+/m1/s1. The fourth-order valence-electron chi connectivity index (χ4n) is 4.35. The van der Waals surface area contributed by atoms with Gasteiger partial charge >= 0.3 is 0 Å². The van der Waals surface area contributed by atoms with E-state index in [-0.39, 0.29) is 0 Å². The van der Waals surface area contributed by atoms with Gasteiger partial charge in [-0.1, -0.05) is 12.5 Å². The van der Waals surface area contributed by atoms with Crippen LogP contribution in [0.25, 0.3) is 0 Å². The molecule has 0 radical (unpaired) electrons. The molecule has 2 heterocycles. The van der Waals surface area contributed by atoms with E-state index in [2.05, 4.69) is 32.2 Å². The lowest BCUT2D eigenvalue weighted by atomic mass is 9.95. The van der Waals surface area contributed by atoms with Crippen LogP contribution < -0.4 is 10.2 Å². The maximum absolute atomic E-state index is 5.66. The van der Waals surface area contributed by atoms with Crippen molar-refractivity contribution in [1.29, 1.82) is 0 Å². The Morgan fingerprint density at radius 2 is 2.00 bits per heavy atom. The minimum absolute atomic E-state index is 0.639. The molecule has 1 aliphatic heterocycles. The number of nitrogens with one attached hydrogen (secondary N) is 1. The number of rotatable bonds is 2. The lowest BCUT2D eigenvalue weighted by molar-refractivity contribution is 0.345. The third-order valence-corrected chi connectivity index (χ3v) is 5.96. The molecule has 5 heteroatoms. The molecule has 3 aliphatic rings. The molecule has 118 valence electrons. The summed E-state index contributed by atoms with van der Waals surface area (Å²) in [6.07, 6.45) is 7.46. The second-order valence-electron chi connectivity index (χ2n) is 6.89. The minimum Gasteiger partial charge on any atom is -0.360 e. The smallest absolute Gasteiger partial charge is 0.169 e. The van der Waals surface area contributed by atoms with Crippen molar-refractivity contribution >= 4 is 23.1 Å². The van der Waals surface area contributed by atoms with Crippen LogP contribution in [0.3, 0.4) is 0 Å². The maximum atomic E-state index is 5.66. The van der Waals surface area contributed by atoms with Gasteiger partial charge in [-0.15, -0.1) is 0 Å². The molecule has 1 N–H and O–H groups in total. The zero-order valence-electron chi connectivity index (χ0n) is 12.9. The van der Waals surface area contributed by atoms with E-state index < -0.39 is 0 Å². The summed E-state index contributed by atoms with van der Waals surface area (Å²) in [7, 11) is 0. The van der Waals surface area contributed by atoms with Crippen molar-refractivity contribution in [3.63, 3.8) is 0 Å². The first kappa shape index (κ1) is 14.2. The van der Waals surface area contributed by atoms with Crippen LogP contribution in [-0.4, -0.2) is 47.2 Å². The fourth-order valence-corrected chi connectivity index (χ4v) is 4.68. The van der Waals surface area contributed by atoms with Crippen LogP contribution in [0.1, 0.15) is 25.7 Å². The van der Waals surface area contributed by atoms with E-state index in [0.717, 1.165) is 48.9 Å². The number of piperazine rings is 1. The van der Waals surface area contributed by atoms with Gasteiger partial charge in [0.25, 0.3) is 0 Å². The van der Waals surface area contributed by atoms with Crippen molar-refractivity contribution < 1.29 is 0 Å². The molecule has 4 nitrogen and oxygen atoms in total. The largest absolute Gasteiger partial charge is 0.360 e. The summed E-state index contributed by atoms with van der Waals surface area (Å²) >= 11 is 5.66. The van der Waals surface area contributed by atoms with Crippen LogP contribution in [0.2, 0.25) is 0 Å². The molecule has 4 rings (SSSR count). The second kappa shape index (κ2) is 6.03. The van der Waals surface area contributed by atoms with Crippen LogP contribution in [0.5, 0.6) is 0 Å². The highest BCUT2D eigenvalue weighted by molar-refractivity contribution is 7.80. The monoisotopic (exact) mass is 316 g/mol. The number of anilines is 1. The minimum atomic E-state index is 0.639. The molecule has 2 saturated carbocycles. The number of fused-ring (bicyclic) bond motifs is 2. The van der Waals surface area contributed by atoms with Gasteiger partial charge in [0.15, 0.2) is 5.11 Å². The van der Waals surface area contributed by atoms with Gasteiger partial charge in [0.05, 0.1) is 0 Å². The molecule has 2 bridgehead atoms. The molecule has 22 heavy (non-hydrogen) atoms. The topological polar surface area (TPSA) is 31.4 Å². The number of aromatic nitrogens is 1. The van der Waals surface area contributed by atoms with E-state index in [9.17, 15) is 0 Å². The summed E-state index contributed by atoms with van der Waals surface area (Å²) in [6, 6.07) is 6.74. The zero-order chi connectivity index (χ0) is 14.9. The highest BCUT2D eigenvalue weighted by Crippen LogP contribution is 2.44. The molecule has 0 aromatic carbocycles.